The average molecular weight is 733 g/mol. The topological polar surface area (TPSA) is 82.1 Å². The highest BCUT2D eigenvalue weighted by atomic mass is 16.5. The van der Waals surface area contributed by atoms with Gasteiger partial charge in [0.1, 0.15) is 18.1 Å². The minimum atomic E-state index is -1.06. The molecule has 0 fully saturated rings. The molecule has 0 amide bonds. The smallest absolute Gasteiger partial charge is 0.337 e. The van der Waals surface area contributed by atoms with Crippen molar-refractivity contribution in [1.29, 1.82) is 0 Å². The first-order chi connectivity index (χ1) is 27.0. The van der Waals surface area contributed by atoms with Gasteiger partial charge in [-0.05, 0) is 83.2 Å². The maximum Gasteiger partial charge on any atom is 0.337 e. The molecular weight excluding hydrogens is 685 g/mol. The molecule has 0 spiro atoms. The number of rotatable bonds is 18. The van der Waals surface area contributed by atoms with Crippen LogP contribution in [0.5, 0.6) is 0 Å². The van der Waals surface area contributed by atoms with Crippen molar-refractivity contribution in [2.24, 2.45) is 5.92 Å². The van der Waals surface area contributed by atoms with Crippen LogP contribution in [0.25, 0.3) is 0 Å². The monoisotopic (exact) mass is 732 g/mol. The van der Waals surface area contributed by atoms with Gasteiger partial charge in [-0.1, -0.05) is 158 Å². The van der Waals surface area contributed by atoms with E-state index in [9.17, 15) is 14.7 Å². The number of aryl methyl sites for hydroxylation is 3. The molecule has 6 aromatic rings. The molecule has 6 nitrogen and oxygen atoms in total. The standard InChI is InChI=1S/C49H48O6/c1-53-47(51)41-24-16-23-38(34-41)21-14-19-37-20-15-22-39(33-37)31-32-46(50)45(48(52)54-35-40-17-6-2-7-18-40)36-55-49(42-25-8-3-9-26-42,43-27-10-4-11-28-43)44-29-12-5-13-30-44/h2-13,15-18,20,22-30,33-34,45-46,50H,14,19,21,31-32,35-36H2,1H3/t45-,46+/m0/s1. The molecule has 0 aliphatic rings. The lowest BCUT2D eigenvalue weighted by atomic mass is 9.80. The molecule has 280 valence electrons. The fourth-order valence-corrected chi connectivity index (χ4v) is 7.08. The van der Waals surface area contributed by atoms with E-state index in [1.807, 2.05) is 146 Å². The third kappa shape index (κ3) is 10.2. The highest BCUT2D eigenvalue weighted by Crippen LogP contribution is 2.41. The molecule has 6 heteroatoms. The van der Waals surface area contributed by atoms with Gasteiger partial charge in [0.2, 0.25) is 0 Å². The molecule has 6 rings (SSSR count). The number of methoxy groups -OCH3 is 1. The lowest BCUT2D eigenvalue weighted by Crippen LogP contribution is -2.40. The van der Waals surface area contributed by atoms with E-state index in [-0.39, 0.29) is 19.2 Å². The maximum atomic E-state index is 14.0. The molecule has 0 saturated heterocycles. The summed E-state index contributed by atoms with van der Waals surface area (Å²) in [6.45, 7) is 0.0177. The van der Waals surface area contributed by atoms with E-state index in [1.165, 1.54) is 12.7 Å². The molecular formula is C49H48O6. The van der Waals surface area contributed by atoms with Crippen molar-refractivity contribution in [2.45, 2.75) is 50.4 Å². The van der Waals surface area contributed by atoms with Gasteiger partial charge in [-0.25, -0.2) is 4.79 Å². The van der Waals surface area contributed by atoms with Crippen LogP contribution in [0.15, 0.2) is 170 Å². The van der Waals surface area contributed by atoms with Crippen molar-refractivity contribution >= 4 is 11.9 Å². The van der Waals surface area contributed by atoms with Crippen LogP contribution >= 0.6 is 0 Å². The van der Waals surface area contributed by atoms with Gasteiger partial charge in [-0.15, -0.1) is 0 Å². The minimum absolute atomic E-state index is 0.0787. The summed E-state index contributed by atoms with van der Waals surface area (Å²) in [6, 6.07) is 55.5. The Morgan fingerprint density at radius 3 is 1.60 bits per heavy atom. The van der Waals surface area contributed by atoms with Crippen LogP contribution in [0.2, 0.25) is 0 Å². The van der Waals surface area contributed by atoms with E-state index >= 15 is 0 Å². The predicted molar refractivity (Wildman–Crippen MR) is 215 cm³/mol. The molecule has 0 unspecified atom stereocenters. The number of aliphatic hydroxyl groups excluding tert-OH is 1. The SMILES string of the molecule is COC(=O)c1cccc(CCCc2cccc(CC[C@@H](O)[C@H](COC(c3ccccc3)(c3ccccc3)c3ccccc3)C(=O)OCc3ccccc3)c2)c1. The molecule has 0 radical (unpaired) electrons. The zero-order chi connectivity index (χ0) is 38.3. The summed E-state index contributed by atoms with van der Waals surface area (Å²) >= 11 is 0. The van der Waals surface area contributed by atoms with Crippen molar-refractivity contribution in [3.63, 3.8) is 0 Å². The van der Waals surface area contributed by atoms with Gasteiger partial charge in [0.15, 0.2) is 0 Å². The number of carbonyl (C=O) groups is 2. The van der Waals surface area contributed by atoms with Gasteiger partial charge in [0.05, 0.1) is 25.4 Å². The summed E-state index contributed by atoms with van der Waals surface area (Å²) in [4.78, 5) is 25.9. The Bertz CT molecular complexity index is 1990. The highest BCUT2D eigenvalue weighted by Gasteiger charge is 2.40. The quantitative estimate of drug-likeness (QED) is 0.0701. The average Bonchev–Trinajstić information content (AvgIpc) is 3.25. The fourth-order valence-electron chi connectivity index (χ4n) is 7.08. The van der Waals surface area contributed by atoms with Crippen LogP contribution in [-0.2, 0) is 50.5 Å². The number of hydrogen-bond donors (Lipinski definition) is 1. The van der Waals surface area contributed by atoms with Crippen molar-refractivity contribution in [3.05, 3.63) is 214 Å². The van der Waals surface area contributed by atoms with Gasteiger partial charge < -0.3 is 19.3 Å². The minimum Gasteiger partial charge on any atom is -0.465 e. The Morgan fingerprint density at radius 1 is 0.582 bits per heavy atom. The van der Waals surface area contributed by atoms with Crippen molar-refractivity contribution < 1.29 is 28.9 Å². The third-order valence-corrected chi connectivity index (χ3v) is 10.0. The Kier molecular flexibility index (Phi) is 13.8. The Morgan fingerprint density at radius 2 is 1.05 bits per heavy atom. The number of esters is 2. The Labute approximate surface area is 324 Å². The first-order valence-corrected chi connectivity index (χ1v) is 18.9. The maximum absolute atomic E-state index is 14.0. The second-order valence-electron chi connectivity index (χ2n) is 13.8. The van der Waals surface area contributed by atoms with Gasteiger partial charge in [-0.2, -0.15) is 0 Å². The molecule has 0 saturated carbocycles. The van der Waals surface area contributed by atoms with Gasteiger partial charge in [0, 0.05) is 0 Å². The van der Waals surface area contributed by atoms with E-state index in [4.69, 9.17) is 14.2 Å². The summed E-state index contributed by atoms with van der Waals surface area (Å²) < 4.78 is 17.8. The number of ether oxygens (including phenoxy) is 3. The summed E-state index contributed by atoms with van der Waals surface area (Å²) in [5.74, 6) is -1.80. The number of aliphatic hydroxyl groups is 1. The number of benzene rings is 6. The lowest BCUT2D eigenvalue weighted by molar-refractivity contribution is -0.159. The highest BCUT2D eigenvalue weighted by molar-refractivity contribution is 5.89. The zero-order valence-electron chi connectivity index (χ0n) is 31.3. The number of hydrogen-bond acceptors (Lipinski definition) is 6. The second-order valence-corrected chi connectivity index (χ2v) is 13.8. The van der Waals surface area contributed by atoms with Crippen LogP contribution in [0, 0.1) is 5.92 Å². The van der Waals surface area contributed by atoms with Crippen LogP contribution in [-0.4, -0.2) is 36.9 Å². The molecule has 6 aromatic carbocycles. The summed E-state index contributed by atoms with van der Waals surface area (Å²) in [6.07, 6.45) is 2.48. The number of carbonyl (C=O) groups excluding carboxylic acids is 2. The lowest BCUT2D eigenvalue weighted by Gasteiger charge is -2.37. The Balaban J connectivity index is 1.20. The second kappa shape index (κ2) is 19.5. The molecule has 2 atom stereocenters. The molecule has 0 aliphatic carbocycles. The van der Waals surface area contributed by atoms with Gasteiger partial charge in [0.25, 0.3) is 0 Å². The van der Waals surface area contributed by atoms with Crippen LogP contribution < -0.4 is 0 Å². The van der Waals surface area contributed by atoms with Crippen molar-refractivity contribution in [3.8, 4) is 0 Å². The first-order valence-electron chi connectivity index (χ1n) is 18.9. The van der Waals surface area contributed by atoms with E-state index in [2.05, 4.69) is 18.2 Å². The summed E-state index contributed by atoms with van der Waals surface area (Å²) in [7, 11) is 1.39. The molecule has 1 N–H and O–H groups in total. The van der Waals surface area contributed by atoms with Crippen molar-refractivity contribution in [1.82, 2.24) is 0 Å². The molecule has 0 aliphatic heterocycles. The molecule has 0 heterocycles. The van der Waals surface area contributed by atoms with Crippen molar-refractivity contribution in [2.75, 3.05) is 13.7 Å². The summed E-state index contributed by atoms with van der Waals surface area (Å²) in [5.41, 5.74) is 6.44. The zero-order valence-corrected chi connectivity index (χ0v) is 31.3. The van der Waals surface area contributed by atoms with Crippen LogP contribution in [0.1, 0.15) is 62.1 Å². The normalized spacial score (nSPS) is 12.4. The van der Waals surface area contributed by atoms with Crippen LogP contribution in [0.3, 0.4) is 0 Å². The largest absolute Gasteiger partial charge is 0.465 e. The van der Waals surface area contributed by atoms with E-state index in [0.29, 0.717) is 18.4 Å². The first kappa shape index (κ1) is 38.9. The third-order valence-electron chi connectivity index (χ3n) is 10.0. The van der Waals surface area contributed by atoms with E-state index in [1.54, 1.807) is 6.07 Å². The molecule has 0 aromatic heterocycles. The Hall–Kier alpha value is -5.82. The molecule has 55 heavy (non-hydrogen) atoms. The predicted octanol–water partition coefficient (Wildman–Crippen LogP) is 9.31. The van der Waals surface area contributed by atoms with E-state index < -0.39 is 23.6 Å². The molecule has 0 bridgehead atoms. The van der Waals surface area contributed by atoms with Gasteiger partial charge >= 0.3 is 11.9 Å². The summed E-state index contributed by atoms with van der Waals surface area (Å²) in [5, 5.41) is 11.8. The fraction of sp³-hybridized carbons (Fsp3) is 0.224. The van der Waals surface area contributed by atoms with Gasteiger partial charge in [-0.3, -0.25) is 4.79 Å². The van der Waals surface area contributed by atoms with Crippen LogP contribution in [0.4, 0.5) is 0 Å². The van der Waals surface area contributed by atoms with E-state index in [0.717, 1.165) is 52.6 Å².